The van der Waals surface area contributed by atoms with Crippen molar-refractivity contribution in [2.24, 2.45) is 0 Å². The molecule has 118 valence electrons. The monoisotopic (exact) mass is 300 g/mol. The lowest BCUT2D eigenvalue weighted by Gasteiger charge is -2.15. The molecule has 1 N–H and O–H groups in total. The number of hydrogen-bond acceptors (Lipinski definition) is 3. The highest BCUT2D eigenvalue weighted by Gasteiger charge is 2.10. The molecule has 0 amide bonds. The van der Waals surface area contributed by atoms with E-state index in [4.69, 9.17) is 4.74 Å². The third-order valence-corrected chi connectivity index (χ3v) is 3.51. The maximum Gasteiger partial charge on any atom is 0.255 e. The van der Waals surface area contributed by atoms with Crippen molar-refractivity contribution in [3.63, 3.8) is 0 Å². The second-order valence-electron chi connectivity index (χ2n) is 5.19. The van der Waals surface area contributed by atoms with Gasteiger partial charge in [-0.25, -0.2) is 0 Å². The highest BCUT2D eigenvalue weighted by atomic mass is 16.5. The molecule has 1 heterocycles. The zero-order valence-corrected chi connectivity index (χ0v) is 13.6. The number of ether oxygens (including phenoxy) is 1. The predicted molar refractivity (Wildman–Crippen MR) is 90.4 cm³/mol. The summed E-state index contributed by atoms with van der Waals surface area (Å²) in [6.45, 7) is 5.97. The number of pyridine rings is 1. The third-order valence-electron chi connectivity index (χ3n) is 3.51. The summed E-state index contributed by atoms with van der Waals surface area (Å²) in [7, 11) is 1.85. The van der Waals surface area contributed by atoms with Crippen molar-refractivity contribution in [3.05, 3.63) is 52.3 Å². The average molecular weight is 300 g/mol. The van der Waals surface area contributed by atoms with Crippen LogP contribution in [-0.4, -0.2) is 18.2 Å². The summed E-state index contributed by atoms with van der Waals surface area (Å²) < 4.78 is 7.42. The largest absolute Gasteiger partial charge is 0.494 e. The summed E-state index contributed by atoms with van der Waals surface area (Å²) in [5.41, 5.74) is 2.82. The van der Waals surface area contributed by atoms with E-state index in [-0.39, 0.29) is 5.56 Å². The van der Waals surface area contributed by atoms with Gasteiger partial charge in [0, 0.05) is 24.2 Å². The molecule has 0 fully saturated rings. The summed E-state index contributed by atoms with van der Waals surface area (Å²) in [5, 5.41) is 3.05. The molecule has 22 heavy (non-hydrogen) atoms. The highest BCUT2D eigenvalue weighted by Crippen LogP contribution is 2.23. The molecule has 4 heteroatoms. The smallest absolute Gasteiger partial charge is 0.255 e. The van der Waals surface area contributed by atoms with Gasteiger partial charge in [-0.1, -0.05) is 25.1 Å². The molecular formula is C18H24N2O2. The Morgan fingerprint density at radius 2 is 2.00 bits per heavy atom. The van der Waals surface area contributed by atoms with Gasteiger partial charge in [0.05, 0.1) is 12.3 Å². The number of nitrogens with zero attached hydrogens (tertiary/aromatic N) is 1. The first-order valence-corrected chi connectivity index (χ1v) is 7.81. The van der Waals surface area contributed by atoms with Crippen molar-refractivity contribution in [1.82, 2.24) is 9.88 Å². The molecule has 0 saturated heterocycles. The summed E-state index contributed by atoms with van der Waals surface area (Å²) in [4.78, 5) is 12.6. The minimum atomic E-state index is 0.0792. The molecule has 1 aromatic carbocycles. The van der Waals surface area contributed by atoms with Gasteiger partial charge in [0.2, 0.25) is 0 Å². The van der Waals surface area contributed by atoms with Crippen LogP contribution in [0.1, 0.15) is 25.8 Å². The van der Waals surface area contributed by atoms with Crippen LogP contribution in [0.5, 0.6) is 5.75 Å². The molecule has 4 nitrogen and oxygen atoms in total. The molecule has 0 unspecified atom stereocenters. The summed E-state index contributed by atoms with van der Waals surface area (Å²) in [6.07, 6.45) is 0.918. The van der Waals surface area contributed by atoms with Gasteiger partial charge in [-0.05, 0) is 38.6 Å². The van der Waals surface area contributed by atoms with Crippen LogP contribution in [0.2, 0.25) is 0 Å². The number of aromatic nitrogens is 1. The zero-order chi connectivity index (χ0) is 15.9. The second kappa shape index (κ2) is 7.80. The van der Waals surface area contributed by atoms with E-state index in [0.717, 1.165) is 29.0 Å². The van der Waals surface area contributed by atoms with Crippen molar-refractivity contribution in [2.75, 3.05) is 13.7 Å². The minimum Gasteiger partial charge on any atom is -0.494 e. The summed E-state index contributed by atoms with van der Waals surface area (Å²) in [5.74, 6) is 0.829. The fourth-order valence-electron chi connectivity index (χ4n) is 2.56. The van der Waals surface area contributed by atoms with E-state index in [1.165, 1.54) is 0 Å². The van der Waals surface area contributed by atoms with Gasteiger partial charge in [0.25, 0.3) is 5.56 Å². The molecule has 0 radical (unpaired) electrons. The van der Waals surface area contributed by atoms with Crippen LogP contribution in [0.25, 0.3) is 11.3 Å². The van der Waals surface area contributed by atoms with Gasteiger partial charge in [-0.3, -0.25) is 4.79 Å². The van der Waals surface area contributed by atoms with Crippen molar-refractivity contribution in [2.45, 2.75) is 33.4 Å². The number of rotatable bonds is 7. The van der Waals surface area contributed by atoms with E-state index in [2.05, 4.69) is 12.2 Å². The quantitative estimate of drug-likeness (QED) is 0.854. The van der Waals surface area contributed by atoms with Crippen LogP contribution >= 0.6 is 0 Å². The maximum absolute atomic E-state index is 12.6. The second-order valence-corrected chi connectivity index (χ2v) is 5.19. The Bertz CT molecular complexity index is 677. The Hall–Kier alpha value is -2.07. The number of hydrogen-bond donors (Lipinski definition) is 1. The first-order valence-electron chi connectivity index (χ1n) is 7.81. The van der Waals surface area contributed by atoms with Crippen molar-refractivity contribution in [3.8, 4) is 17.0 Å². The zero-order valence-electron chi connectivity index (χ0n) is 13.6. The van der Waals surface area contributed by atoms with Gasteiger partial charge < -0.3 is 14.6 Å². The molecule has 0 aliphatic rings. The lowest BCUT2D eigenvalue weighted by Crippen LogP contribution is -2.27. The van der Waals surface area contributed by atoms with Crippen LogP contribution < -0.4 is 15.6 Å². The molecule has 0 bridgehead atoms. The van der Waals surface area contributed by atoms with Crippen LogP contribution in [-0.2, 0) is 13.1 Å². The van der Waals surface area contributed by atoms with Gasteiger partial charge in [0.1, 0.15) is 5.75 Å². The third kappa shape index (κ3) is 3.57. The molecule has 1 aromatic heterocycles. The molecule has 0 saturated carbocycles. The fourth-order valence-corrected chi connectivity index (χ4v) is 2.56. The number of nitrogens with one attached hydrogen (secondary N) is 1. The molecule has 0 aliphatic carbocycles. The molecule has 2 rings (SSSR count). The van der Waals surface area contributed by atoms with Gasteiger partial charge in [0.15, 0.2) is 0 Å². The predicted octanol–water partition coefficient (Wildman–Crippen LogP) is 3.04. The normalized spacial score (nSPS) is 10.7. The van der Waals surface area contributed by atoms with E-state index in [1.807, 2.05) is 54.9 Å². The van der Waals surface area contributed by atoms with Crippen molar-refractivity contribution in [1.29, 1.82) is 0 Å². The van der Waals surface area contributed by atoms with Crippen LogP contribution in [0.15, 0.2) is 41.2 Å². The van der Waals surface area contributed by atoms with Crippen LogP contribution in [0.4, 0.5) is 0 Å². The molecule has 0 aliphatic heterocycles. The van der Waals surface area contributed by atoms with E-state index in [0.29, 0.717) is 19.7 Å². The molecule has 2 aromatic rings. The van der Waals surface area contributed by atoms with Crippen LogP contribution in [0.3, 0.4) is 0 Å². The minimum absolute atomic E-state index is 0.0792. The SMILES string of the molecule is CCCn1c(-c2cccc(OCC)c2)ccc(CNC)c1=O. The summed E-state index contributed by atoms with van der Waals surface area (Å²) in [6, 6.07) is 11.8. The fraction of sp³-hybridized carbons (Fsp3) is 0.389. The Morgan fingerprint density at radius 1 is 1.18 bits per heavy atom. The van der Waals surface area contributed by atoms with Crippen LogP contribution in [0, 0.1) is 0 Å². The Morgan fingerprint density at radius 3 is 2.68 bits per heavy atom. The standard InChI is InChI=1S/C18H24N2O2/c1-4-11-20-17(10-9-15(13-19-3)18(20)21)14-7-6-8-16(12-14)22-5-2/h6-10,12,19H,4-5,11,13H2,1-3H3. The van der Waals surface area contributed by atoms with Crippen molar-refractivity contribution >= 4 is 0 Å². The Labute approximate surface area is 131 Å². The first kappa shape index (κ1) is 16.3. The summed E-state index contributed by atoms with van der Waals surface area (Å²) >= 11 is 0. The van der Waals surface area contributed by atoms with E-state index in [1.54, 1.807) is 0 Å². The Kier molecular flexibility index (Phi) is 5.78. The molecular weight excluding hydrogens is 276 g/mol. The lowest BCUT2D eigenvalue weighted by molar-refractivity contribution is 0.340. The van der Waals surface area contributed by atoms with E-state index >= 15 is 0 Å². The Balaban J connectivity index is 2.52. The van der Waals surface area contributed by atoms with Crippen molar-refractivity contribution < 1.29 is 4.74 Å². The molecule has 0 spiro atoms. The van der Waals surface area contributed by atoms with E-state index in [9.17, 15) is 4.79 Å². The first-order chi connectivity index (χ1) is 10.7. The van der Waals surface area contributed by atoms with Gasteiger partial charge in [-0.15, -0.1) is 0 Å². The highest BCUT2D eigenvalue weighted by molar-refractivity contribution is 5.62. The lowest BCUT2D eigenvalue weighted by atomic mass is 10.1. The average Bonchev–Trinajstić information content (AvgIpc) is 2.52. The van der Waals surface area contributed by atoms with Gasteiger partial charge >= 0.3 is 0 Å². The van der Waals surface area contributed by atoms with E-state index < -0.39 is 0 Å². The van der Waals surface area contributed by atoms with Gasteiger partial charge in [-0.2, -0.15) is 0 Å². The topological polar surface area (TPSA) is 43.3 Å². The molecule has 0 atom stereocenters. The maximum atomic E-state index is 12.6. The number of benzene rings is 1.